The monoisotopic (exact) mass is 266 g/mol. The average molecular weight is 266 g/mol. The number of allylic oxidation sites excluding steroid dienone is 1. The number of hydrogen-bond donors (Lipinski definition) is 1. The summed E-state index contributed by atoms with van der Waals surface area (Å²) in [5.41, 5.74) is 9.67. The van der Waals surface area contributed by atoms with Gasteiger partial charge in [-0.3, -0.25) is 9.78 Å². The van der Waals surface area contributed by atoms with E-state index in [1.807, 2.05) is 12.1 Å². The number of carbonyl (C=O) groups excluding carboxylic acids is 1. The number of nitrogens with zero attached hydrogens (tertiary/aromatic N) is 1. The smallest absolute Gasteiger partial charge is 0.192 e. The van der Waals surface area contributed by atoms with E-state index in [1.165, 1.54) is 0 Å². The van der Waals surface area contributed by atoms with E-state index in [1.54, 1.807) is 37.7 Å². The maximum absolute atomic E-state index is 12.4. The van der Waals surface area contributed by atoms with E-state index in [0.717, 1.165) is 11.1 Å². The quantitative estimate of drug-likeness (QED) is 0.925. The Labute approximate surface area is 116 Å². The van der Waals surface area contributed by atoms with Gasteiger partial charge in [0, 0.05) is 41.2 Å². The molecule has 20 heavy (non-hydrogen) atoms. The average Bonchev–Trinajstić information content (AvgIpc) is 2.73. The molecule has 0 amide bonds. The Hall–Kier alpha value is -2.62. The maximum atomic E-state index is 12.4. The minimum atomic E-state index is -0.0102. The molecule has 2 N–H and O–H groups in total. The number of aromatic nitrogens is 1. The van der Waals surface area contributed by atoms with Gasteiger partial charge in [0.05, 0.1) is 7.11 Å². The third-order valence-electron chi connectivity index (χ3n) is 3.46. The first-order valence-corrected chi connectivity index (χ1v) is 6.31. The predicted molar refractivity (Wildman–Crippen MR) is 76.4 cm³/mol. The fourth-order valence-electron chi connectivity index (χ4n) is 2.40. The van der Waals surface area contributed by atoms with Crippen LogP contribution in [0.3, 0.4) is 0 Å². The molecule has 0 saturated carbocycles. The van der Waals surface area contributed by atoms with Crippen molar-refractivity contribution in [3.8, 4) is 5.75 Å². The molecule has 0 fully saturated rings. The number of pyridine rings is 1. The summed E-state index contributed by atoms with van der Waals surface area (Å²) < 4.78 is 5.18. The number of ketones is 1. The van der Waals surface area contributed by atoms with E-state index >= 15 is 0 Å². The molecule has 4 heteroatoms. The summed E-state index contributed by atoms with van der Waals surface area (Å²) in [5.74, 6) is 0.686. The summed E-state index contributed by atoms with van der Waals surface area (Å²) in [5, 5.41) is 0. The van der Waals surface area contributed by atoms with Gasteiger partial charge in [0.1, 0.15) is 5.75 Å². The van der Waals surface area contributed by atoms with Crippen LogP contribution >= 0.6 is 0 Å². The molecule has 0 aliphatic heterocycles. The third-order valence-corrected chi connectivity index (χ3v) is 3.46. The topological polar surface area (TPSA) is 65.2 Å². The Morgan fingerprint density at radius 3 is 2.80 bits per heavy atom. The van der Waals surface area contributed by atoms with Crippen molar-refractivity contribution in [2.75, 3.05) is 7.11 Å². The minimum Gasteiger partial charge on any atom is -0.497 e. The van der Waals surface area contributed by atoms with Crippen molar-refractivity contribution in [3.63, 3.8) is 0 Å². The summed E-state index contributed by atoms with van der Waals surface area (Å²) in [6.45, 7) is 0. The van der Waals surface area contributed by atoms with Gasteiger partial charge < -0.3 is 10.5 Å². The summed E-state index contributed by atoms with van der Waals surface area (Å²) >= 11 is 0. The Balaban J connectivity index is 2.00. The van der Waals surface area contributed by atoms with Gasteiger partial charge in [0.15, 0.2) is 5.78 Å². The van der Waals surface area contributed by atoms with Gasteiger partial charge in [-0.2, -0.15) is 0 Å². The van der Waals surface area contributed by atoms with E-state index in [0.29, 0.717) is 29.0 Å². The molecule has 1 aromatic heterocycles. The molecule has 0 bridgehead atoms. The van der Waals surface area contributed by atoms with Gasteiger partial charge in [-0.25, -0.2) is 0 Å². The molecule has 1 aromatic carbocycles. The highest BCUT2D eigenvalue weighted by Crippen LogP contribution is 2.33. The van der Waals surface area contributed by atoms with Crippen LogP contribution in [0, 0.1) is 0 Å². The fourth-order valence-corrected chi connectivity index (χ4v) is 2.40. The standard InChI is InChI=1S/C16H14N2O2/c1-20-11-4-5-12-13(8-11)15(17)14(16(12)19)7-10-3-2-6-18-9-10/h2-6,8-9H,7,17H2,1H3. The lowest BCUT2D eigenvalue weighted by Crippen LogP contribution is -2.04. The molecular formula is C16H14N2O2. The molecule has 1 heterocycles. The third kappa shape index (κ3) is 1.95. The zero-order chi connectivity index (χ0) is 14.1. The lowest BCUT2D eigenvalue weighted by molar-refractivity contribution is 0.103. The van der Waals surface area contributed by atoms with Crippen molar-refractivity contribution in [3.05, 3.63) is 65.0 Å². The molecule has 1 aliphatic carbocycles. The van der Waals surface area contributed by atoms with E-state index in [2.05, 4.69) is 4.98 Å². The first-order chi connectivity index (χ1) is 9.70. The predicted octanol–water partition coefficient (Wildman–Crippen LogP) is 2.20. The van der Waals surface area contributed by atoms with E-state index in [4.69, 9.17) is 10.5 Å². The first-order valence-electron chi connectivity index (χ1n) is 6.31. The summed E-state index contributed by atoms with van der Waals surface area (Å²) in [6, 6.07) is 9.13. The molecule has 0 spiro atoms. The van der Waals surface area contributed by atoms with Crippen LogP contribution in [0.25, 0.3) is 5.70 Å². The van der Waals surface area contributed by atoms with E-state index < -0.39 is 0 Å². The maximum Gasteiger partial charge on any atom is 0.192 e. The molecule has 0 saturated heterocycles. The minimum absolute atomic E-state index is 0.0102. The summed E-state index contributed by atoms with van der Waals surface area (Å²) in [6.07, 6.45) is 3.95. The molecule has 0 atom stereocenters. The molecule has 0 unspecified atom stereocenters. The largest absolute Gasteiger partial charge is 0.497 e. The van der Waals surface area contributed by atoms with Crippen molar-refractivity contribution in [2.24, 2.45) is 5.73 Å². The molecule has 100 valence electrons. The Kier molecular flexibility index (Phi) is 2.99. The Morgan fingerprint density at radius 2 is 2.10 bits per heavy atom. The number of ether oxygens (including phenoxy) is 1. The Morgan fingerprint density at radius 1 is 1.25 bits per heavy atom. The number of benzene rings is 1. The van der Waals surface area contributed by atoms with Gasteiger partial charge in [-0.15, -0.1) is 0 Å². The van der Waals surface area contributed by atoms with Crippen LogP contribution in [0.1, 0.15) is 21.5 Å². The molecule has 4 nitrogen and oxygen atoms in total. The zero-order valence-corrected chi connectivity index (χ0v) is 11.1. The number of hydrogen-bond acceptors (Lipinski definition) is 4. The number of nitrogens with two attached hydrogens (primary N) is 1. The highest BCUT2D eigenvalue weighted by molar-refractivity contribution is 6.20. The van der Waals surface area contributed by atoms with Crippen molar-refractivity contribution in [1.82, 2.24) is 4.98 Å². The van der Waals surface area contributed by atoms with Crippen LogP contribution in [0.15, 0.2) is 48.3 Å². The van der Waals surface area contributed by atoms with E-state index in [9.17, 15) is 4.79 Å². The number of methoxy groups -OCH3 is 1. The zero-order valence-electron chi connectivity index (χ0n) is 11.1. The second-order valence-corrected chi connectivity index (χ2v) is 4.67. The van der Waals surface area contributed by atoms with Gasteiger partial charge in [0.25, 0.3) is 0 Å². The number of carbonyl (C=O) groups is 1. The fraction of sp³-hybridized carbons (Fsp3) is 0.125. The second-order valence-electron chi connectivity index (χ2n) is 4.67. The van der Waals surface area contributed by atoms with Crippen LogP contribution in [-0.2, 0) is 6.42 Å². The van der Waals surface area contributed by atoms with Crippen LogP contribution in [0.4, 0.5) is 0 Å². The Bertz CT molecular complexity index is 706. The molecule has 3 rings (SSSR count). The molecule has 0 radical (unpaired) electrons. The van der Waals surface area contributed by atoms with Crippen LogP contribution < -0.4 is 10.5 Å². The summed E-state index contributed by atoms with van der Waals surface area (Å²) in [7, 11) is 1.59. The van der Waals surface area contributed by atoms with Crippen molar-refractivity contribution in [2.45, 2.75) is 6.42 Å². The number of Topliss-reactive ketones (excluding diaryl/α,β-unsaturated/α-hetero) is 1. The SMILES string of the molecule is COc1ccc2c(c1)C(N)=C(Cc1cccnc1)C2=O. The molecule has 2 aromatic rings. The van der Waals surface area contributed by atoms with Crippen molar-refractivity contribution < 1.29 is 9.53 Å². The van der Waals surface area contributed by atoms with Crippen molar-refractivity contribution >= 4 is 11.5 Å². The van der Waals surface area contributed by atoms with Crippen LogP contribution in [0.2, 0.25) is 0 Å². The number of fused-ring (bicyclic) bond motifs is 1. The molecule has 1 aliphatic rings. The van der Waals surface area contributed by atoms with Gasteiger partial charge in [-0.05, 0) is 29.8 Å². The number of rotatable bonds is 3. The van der Waals surface area contributed by atoms with Crippen LogP contribution in [-0.4, -0.2) is 17.9 Å². The second kappa shape index (κ2) is 4.81. The van der Waals surface area contributed by atoms with Gasteiger partial charge in [0.2, 0.25) is 0 Å². The lowest BCUT2D eigenvalue weighted by atomic mass is 10.0. The lowest BCUT2D eigenvalue weighted by Gasteiger charge is -2.03. The van der Waals surface area contributed by atoms with Crippen molar-refractivity contribution in [1.29, 1.82) is 0 Å². The normalized spacial score (nSPS) is 13.6. The van der Waals surface area contributed by atoms with Gasteiger partial charge in [-0.1, -0.05) is 6.07 Å². The highest BCUT2D eigenvalue weighted by atomic mass is 16.5. The molecular weight excluding hydrogens is 252 g/mol. The van der Waals surface area contributed by atoms with Crippen LogP contribution in [0.5, 0.6) is 5.75 Å². The summed E-state index contributed by atoms with van der Waals surface area (Å²) in [4.78, 5) is 16.5. The highest BCUT2D eigenvalue weighted by Gasteiger charge is 2.28. The first kappa shape index (κ1) is 12.4. The van der Waals surface area contributed by atoms with Gasteiger partial charge >= 0.3 is 0 Å². The van der Waals surface area contributed by atoms with E-state index in [-0.39, 0.29) is 5.78 Å².